The van der Waals surface area contributed by atoms with Crippen molar-refractivity contribution < 1.29 is 90.8 Å². The van der Waals surface area contributed by atoms with E-state index in [0.717, 1.165) is 36.3 Å². The Morgan fingerprint density at radius 2 is 0.681 bits per heavy atom. The van der Waals surface area contributed by atoms with Gasteiger partial charge in [0, 0.05) is 7.11 Å². The molecule has 6 atom stereocenters. The Labute approximate surface area is 468 Å². The molecule has 0 amide bonds. The van der Waals surface area contributed by atoms with Crippen LogP contribution in [0.25, 0.3) is 0 Å². The van der Waals surface area contributed by atoms with Crippen molar-refractivity contribution in [2.24, 2.45) is 0 Å². The first-order valence-electron chi connectivity index (χ1n) is 24.6. The molecule has 3 fully saturated rings. The van der Waals surface area contributed by atoms with E-state index in [1.165, 1.54) is 7.11 Å². The van der Waals surface area contributed by atoms with Crippen LogP contribution in [0, 0.1) is 0 Å². The molecule has 44 heteroatoms. The summed E-state index contributed by atoms with van der Waals surface area (Å²) in [6.45, 7) is 43.4. The zero-order chi connectivity index (χ0) is 54.3. The summed E-state index contributed by atoms with van der Waals surface area (Å²) < 4.78 is 141. The topological polar surface area (TPSA) is 203 Å². The normalized spacial score (nSPS) is 29.2. The van der Waals surface area contributed by atoms with Gasteiger partial charge in [0.05, 0.1) is 0 Å². The van der Waals surface area contributed by atoms with Gasteiger partial charge in [-0.05, 0) is 174 Å². The van der Waals surface area contributed by atoms with Crippen LogP contribution in [0.15, 0.2) is 0 Å². The maximum Gasteiger partial charge on any atom is 0.652 e. The van der Waals surface area contributed by atoms with Crippen LogP contribution in [0.5, 0.6) is 0 Å². The first-order chi connectivity index (χ1) is 33.1. The third-order valence-electron chi connectivity index (χ3n) is 9.76. The molecule has 22 nitrogen and oxygen atoms in total. The third-order valence-corrected chi connectivity index (χ3v) is 74.8. The molecule has 0 aromatic carbocycles. The highest BCUT2D eigenvalue weighted by Crippen LogP contribution is 2.32. The van der Waals surface area contributed by atoms with Crippen molar-refractivity contribution in [3.8, 4) is 0 Å². The third kappa shape index (κ3) is 29.7. The van der Waals surface area contributed by atoms with Gasteiger partial charge in [-0.1, -0.05) is 0 Å². The van der Waals surface area contributed by atoms with E-state index in [1.54, 1.807) is 0 Å². The number of hydrogen-bond donors (Lipinski definition) is 0. The molecule has 3 saturated heterocycles. The zero-order valence-electron chi connectivity index (χ0n) is 46.9. The monoisotopic (exact) mass is 1390 g/mol. The van der Waals surface area contributed by atoms with Gasteiger partial charge in [-0.2, -0.15) is 0 Å². The van der Waals surface area contributed by atoms with Crippen molar-refractivity contribution in [3.63, 3.8) is 0 Å². The van der Waals surface area contributed by atoms with E-state index in [4.69, 9.17) is 90.8 Å². The number of hydrogen-bond acceptors (Lipinski definition) is 22. The lowest BCUT2D eigenvalue weighted by molar-refractivity contribution is 0.0864. The quantitative estimate of drug-likeness (QED) is 0.0817. The molecule has 9 radical (unpaired) electrons. The highest BCUT2D eigenvalue weighted by atomic mass is 28.5. The standard InChI is InChI=1S/C28H87O22Si22/c1-29-72(32-53-31-52-30-51-23-24-63-39-57(5)33-54(2)34-58(6)40-63,49-70(19,20)47-68(15,16)45-66(11,12)27-25-64-41-59(7)35-55(3)36-60(8)42-64)50-71(21,22)48-69(17,18)46-67(13,14)28-26-65-43-61(9)37-56(4)38-62(10)44-65/h54-62H,23-28H2,1-22H3. The fourth-order valence-corrected chi connectivity index (χ4v) is 82.2. The summed E-state index contributed by atoms with van der Waals surface area (Å²) in [5.41, 5.74) is 0. The largest absolute Gasteiger partial charge is 0.652 e. The minimum Gasteiger partial charge on any atom is -0.436 e. The molecule has 0 aliphatic carbocycles. The highest BCUT2D eigenvalue weighted by molar-refractivity contribution is 6.91. The first-order valence-corrected chi connectivity index (χ1v) is 69.9. The molecule has 0 aromatic heterocycles. The molecule has 72 heavy (non-hydrogen) atoms. The van der Waals surface area contributed by atoms with Gasteiger partial charge in [0.25, 0.3) is 83.6 Å². The molecule has 0 saturated carbocycles. The van der Waals surface area contributed by atoms with Gasteiger partial charge in [0.2, 0.25) is 9.76 Å². The molecular formula is C28H87O22Si22. The van der Waals surface area contributed by atoms with Gasteiger partial charge in [-0.25, -0.2) is 0 Å². The van der Waals surface area contributed by atoms with Crippen LogP contribution < -0.4 is 0 Å². The SMILES string of the molecule is CO[Si](O[Si]O[Si]O[Si]CC[Si]1O[SiH](C)O[SiH](C)O[SiH](C)O1)(O[Si](C)(C)O[Si](C)(C)O[Si](C)(C)CC[Si]1O[SiH](C)O[SiH](C)O[SiH](C)O1)O[Si](C)(C)O[Si](C)(C)O[Si](C)(C)CC[Si]1O[SiH](C)O[SiH](C)O[SiH](C)O1. The van der Waals surface area contributed by atoms with E-state index in [1.807, 2.05) is 58.9 Å². The maximum absolute atomic E-state index is 7.01. The summed E-state index contributed by atoms with van der Waals surface area (Å²) in [5, 5.41) is 0. The first kappa shape index (κ1) is 70.2. The van der Waals surface area contributed by atoms with Crippen molar-refractivity contribution in [1.82, 2.24) is 0 Å². The molecule has 0 bridgehead atoms. The Hall–Kier alpha value is 3.89. The van der Waals surface area contributed by atoms with Crippen LogP contribution in [0.1, 0.15) is 0 Å². The van der Waals surface area contributed by atoms with Crippen molar-refractivity contribution in [1.29, 1.82) is 0 Å². The van der Waals surface area contributed by atoms with Crippen molar-refractivity contribution in [2.45, 2.75) is 174 Å². The summed E-state index contributed by atoms with van der Waals surface area (Å²) in [4.78, 5) is 0. The Morgan fingerprint density at radius 1 is 0.375 bits per heavy atom. The zero-order valence-corrected chi connectivity index (χ0v) is 70.3. The van der Waals surface area contributed by atoms with E-state index in [-0.39, 0.29) is 19.8 Å². The lowest BCUT2D eigenvalue weighted by Gasteiger charge is -2.43. The van der Waals surface area contributed by atoms with Crippen LogP contribution in [-0.2, 0) is 90.8 Å². The molecule has 0 aromatic rings. The Kier molecular flexibility index (Phi) is 31.3. The van der Waals surface area contributed by atoms with Gasteiger partial charge in [-0.15, -0.1) is 0 Å². The van der Waals surface area contributed by atoms with Crippen molar-refractivity contribution >= 4 is 201 Å². The predicted octanol–water partition coefficient (Wildman–Crippen LogP) is 2.90. The molecule has 3 rings (SSSR count). The Morgan fingerprint density at radius 3 is 1.00 bits per heavy atom. The average molecular weight is 1390 g/mol. The average Bonchev–Trinajstić information content (AvgIpc) is 3.15. The van der Waals surface area contributed by atoms with Crippen molar-refractivity contribution in [2.75, 3.05) is 7.11 Å². The summed E-state index contributed by atoms with van der Waals surface area (Å²) >= 11 is 0. The maximum atomic E-state index is 7.01. The lowest BCUT2D eigenvalue weighted by Crippen LogP contribution is -2.65. The van der Waals surface area contributed by atoms with Gasteiger partial charge in [0.15, 0.2) is 16.6 Å². The second-order valence-corrected chi connectivity index (χ2v) is 75.6. The number of rotatable bonds is 28. The Balaban J connectivity index is 1.70. The van der Waals surface area contributed by atoms with Gasteiger partial charge in [-0.3, -0.25) is 0 Å². The minimum absolute atomic E-state index is 0.184. The molecular weight excluding hydrogens is 1310 g/mol. The van der Waals surface area contributed by atoms with Gasteiger partial charge in [0.1, 0.15) is 0 Å². The summed E-state index contributed by atoms with van der Waals surface area (Å²) in [6, 6.07) is 4.80. The highest BCUT2D eigenvalue weighted by Gasteiger charge is 2.57. The predicted molar refractivity (Wildman–Crippen MR) is 321 cm³/mol. The van der Waals surface area contributed by atoms with Crippen LogP contribution in [0.4, 0.5) is 0 Å². The van der Waals surface area contributed by atoms with Crippen LogP contribution in [-0.4, -0.2) is 208 Å². The van der Waals surface area contributed by atoms with Crippen LogP contribution >= 0.6 is 0 Å². The smallest absolute Gasteiger partial charge is 0.436 e. The molecule has 419 valence electrons. The van der Waals surface area contributed by atoms with Gasteiger partial charge < -0.3 is 90.8 Å². The van der Waals surface area contributed by atoms with E-state index in [0.29, 0.717) is 0 Å². The summed E-state index contributed by atoms with van der Waals surface area (Å²) in [6.07, 6.45) is 0. The molecule has 6 unspecified atom stereocenters. The fraction of sp³-hybridized carbons (Fsp3) is 1.00. The van der Waals surface area contributed by atoms with Gasteiger partial charge >= 0.3 is 91.2 Å². The molecule has 3 aliphatic heterocycles. The molecule has 0 N–H and O–H groups in total. The Bertz CT molecular complexity index is 1440. The molecule has 3 heterocycles. The lowest BCUT2D eigenvalue weighted by atomic mass is 10.9. The van der Waals surface area contributed by atoms with Crippen LogP contribution in [0.2, 0.25) is 174 Å². The minimum atomic E-state index is -4.07. The van der Waals surface area contributed by atoms with Crippen LogP contribution in [0.3, 0.4) is 0 Å². The second-order valence-electron chi connectivity index (χ2n) is 20.3. The summed E-state index contributed by atoms with van der Waals surface area (Å²) in [7, 11) is -40.3. The second kappa shape index (κ2) is 32.1. The fourth-order valence-electron chi connectivity index (χ4n) is 8.07. The van der Waals surface area contributed by atoms with E-state index >= 15 is 0 Å². The van der Waals surface area contributed by atoms with E-state index < -0.39 is 181 Å². The van der Waals surface area contributed by atoms with Crippen molar-refractivity contribution in [3.05, 3.63) is 0 Å². The molecule has 3 aliphatic rings. The molecule has 0 spiro atoms. The van der Waals surface area contributed by atoms with E-state index in [2.05, 4.69) is 78.6 Å². The summed E-state index contributed by atoms with van der Waals surface area (Å²) in [5.74, 6) is 0. The van der Waals surface area contributed by atoms with E-state index in [9.17, 15) is 0 Å².